The molecule has 2 heterocycles. The number of aromatic nitrogens is 2. The molecule has 6 heteroatoms. The number of benzene rings is 1. The summed E-state index contributed by atoms with van der Waals surface area (Å²) >= 11 is 0. The number of likely N-dealkylation sites (tertiary alicyclic amines) is 1. The van der Waals surface area contributed by atoms with Gasteiger partial charge in [-0.15, -0.1) is 0 Å². The Hall–Kier alpha value is -2.21. The van der Waals surface area contributed by atoms with E-state index in [1.54, 1.807) is 16.8 Å². The highest BCUT2D eigenvalue weighted by Crippen LogP contribution is 2.27. The molecule has 1 aromatic carbocycles. The van der Waals surface area contributed by atoms with Gasteiger partial charge in [0, 0.05) is 37.5 Å². The van der Waals surface area contributed by atoms with E-state index in [1.807, 2.05) is 26.2 Å². The van der Waals surface area contributed by atoms with Gasteiger partial charge in [0.15, 0.2) is 0 Å². The van der Waals surface area contributed by atoms with Crippen molar-refractivity contribution in [2.24, 2.45) is 13.0 Å². The highest BCUT2D eigenvalue weighted by molar-refractivity contribution is 5.72. The van der Waals surface area contributed by atoms with Crippen LogP contribution in [-0.2, 0) is 23.1 Å². The molecule has 1 unspecified atom stereocenters. The molecular formula is C19H24FN3O2. The van der Waals surface area contributed by atoms with Crippen molar-refractivity contribution in [3.63, 3.8) is 0 Å². The zero-order chi connectivity index (χ0) is 17.8. The van der Waals surface area contributed by atoms with Crippen molar-refractivity contribution in [3.8, 4) is 11.3 Å². The van der Waals surface area contributed by atoms with Gasteiger partial charge >= 0.3 is 5.97 Å². The zero-order valence-corrected chi connectivity index (χ0v) is 14.7. The predicted octanol–water partition coefficient (Wildman–Crippen LogP) is 3.00. The van der Waals surface area contributed by atoms with E-state index in [-0.39, 0.29) is 17.7 Å². The molecule has 0 amide bonds. The van der Waals surface area contributed by atoms with Crippen molar-refractivity contribution in [3.05, 3.63) is 41.8 Å². The van der Waals surface area contributed by atoms with Gasteiger partial charge in [-0.2, -0.15) is 5.10 Å². The molecule has 134 valence electrons. The van der Waals surface area contributed by atoms with Crippen LogP contribution in [-0.4, -0.2) is 40.3 Å². The quantitative estimate of drug-likeness (QED) is 0.782. The molecule has 5 nitrogen and oxygen atoms in total. The Labute approximate surface area is 147 Å². The van der Waals surface area contributed by atoms with Crippen molar-refractivity contribution in [2.75, 3.05) is 19.7 Å². The highest BCUT2D eigenvalue weighted by atomic mass is 19.1. The van der Waals surface area contributed by atoms with Crippen molar-refractivity contribution >= 4 is 5.97 Å². The van der Waals surface area contributed by atoms with Crippen LogP contribution in [0.2, 0.25) is 0 Å². The van der Waals surface area contributed by atoms with E-state index in [1.165, 1.54) is 6.07 Å². The summed E-state index contributed by atoms with van der Waals surface area (Å²) in [7, 11) is 1.84. The first-order valence-corrected chi connectivity index (χ1v) is 8.75. The molecule has 0 N–H and O–H groups in total. The van der Waals surface area contributed by atoms with Gasteiger partial charge in [0.2, 0.25) is 0 Å². The largest absolute Gasteiger partial charge is 0.466 e. The SMILES string of the molecule is CCOC(=O)C1CCCN(Cc2cn(C)nc2-c2ccccc2F)C1. The fourth-order valence-electron chi connectivity index (χ4n) is 3.43. The fraction of sp³-hybridized carbons (Fsp3) is 0.474. The second kappa shape index (κ2) is 7.78. The van der Waals surface area contributed by atoms with Crippen LogP contribution >= 0.6 is 0 Å². The Bertz CT molecular complexity index is 744. The third-order valence-corrected chi connectivity index (χ3v) is 4.55. The van der Waals surface area contributed by atoms with Gasteiger partial charge in [-0.3, -0.25) is 14.4 Å². The van der Waals surface area contributed by atoms with Gasteiger partial charge in [-0.1, -0.05) is 12.1 Å². The third-order valence-electron chi connectivity index (χ3n) is 4.55. The molecule has 1 aromatic heterocycles. The molecule has 1 aliphatic rings. The number of hydrogen-bond donors (Lipinski definition) is 0. The first kappa shape index (κ1) is 17.6. The first-order valence-electron chi connectivity index (χ1n) is 8.75. The second-order valence-corrected chi connectivity index (χ2v) is 6.48. The maximum atomic E-state index is 14.2. The van der Waals surface area contributed by atoms with E-state index in [0.29, 0.717) is 31.0 Å². The van der Waals surface area contributed by atoms with E-state index < -0.39 is 0 Å². The van der Waals surface area contributed by atoms with E-state index >= 15 is 0 Å². The molecule has 0 radical (unpaired) electrons. The van der Waals surface area contributed by atoms with E-state index in [0.717, 1.165) is 24.9 Å². The summed E-state index contributed by atoms with van der Waals surface area (Å²) in [5.74, 6) is -0.472. The monoisotopic (exact) mass is 345 g/mol. The molecular weight excluding hydrogens is 321 g/mol. The number of nitrogens with zero attached hydrogens (tertiary/aromatic N) is 3. The summed E-state index contributed by atoms with van der Waals surface area (Å²) < 4.78 is 21.0. The molecule has 1 atom stereocenters. The Kier molecular flexibility index (Phi) is 5.48. The highest BCUT2D eigenvalue weighted by Gasteiger charge is 2.27. The van der Waals surface area contributed by atoms with Crippen LogP contribution in [0.25, 0.3) is 11.3 Å². The molecule has 0 bridgehead atoms. The topological polar surface area (TPSA) is 47.4 Å². The molecule has 1 aliphatic heterocycles. The standard InChI is InChI=1S/C19H24FN3O2/c1-3-25-19(24)14-7-6-10-23(12-14)13-15-11-22(2)21-18(15)16-8-4-5-9-17(16)20/h4-5,8-9,11,14H,3,6-7,10,12-13H2,1-2H3. The summed E-state index contributed by atoms with van der Waals surface area (Å²) in [5.41, 5.74) is 2.15. The van der Waals surface area contributed by atoms with Crippen molar-refractivity contribution < 1.29 is 13.9 Å². The number of rotatable bonds is 5. The summed E-state index contributed by atoms with van der Waals surface area (Å²) in [6.45, 7) is 4.48. The van der Waals surface area contributed by atoms with E-state index in [4.69, 9.17) is 4.74 Å². The number of carbonyl (C=O) groups is 1. The Morgan fingerprint density at radius 1 is 1.40 bits per heavy atom. The van der Waals surface area contributed by atoms with Gasteiger partial charge in [0.1, 0.15) is 5.82 Å². The lowest BCUT2D eigenvalue weighted by Crippen LogP contribution is -2.38. The van der Waals surface area contributed by atoms with Crippen LogP contribution in [0.3, 0.4) is 0 Å². The number of piperidine rings is 1. The third kappa shape index (κ3) is 4.07. The molecule has 1 fully saturated rings. The van der Waals surface area contributed by atoms with Gasteiger partial charge in [0.25, 0.3) is 0 Å². The minimum Gasteiger partial charge on any atom is -0.466 e. The van der Waals surface area contributed by atoms with Crippen LogP contribution in [0.4, 0.5) is 4.39 Å². The van der Waals surface area contributed by atoms with E-state index in [2.05, 4.69) is 10.00 Å². The zero-order valence-electron chi connectivity index (χ0n) is 14.7. The number of esters is 1. The summed E-state index contributed by atoms with van der Waals surface area (Å²) in [6, 6.07) is 6.69. The molecule has 0 saturated carbocycles. The molecule has 0 spiro atoms. The smallest absolute Gasteiger partial charge is 0.310 e. The average molecular weight is 345 g/mol. The van der Waals surface area contributed by atoms with Crippen LogP contribution in [0.15, 0.2) is 30.5 Å². The molecule has 1 saturated heterocycles. The molecule has 0 aliphatic carbocycles. The fourth-order valence-corrected chi connectivity index (χ4v) is 3.43. The van der Waals surface area contributed by atoms with Crippen molar-refractivity contribution in [2.45, 2.75) is 26.3 Å². The summed E-state index contributed by atoms with van der Waals surface area (Å²) in [5, 5.41) is 4.45. The Morgan fingerprint density at radius 2 is 2.20 bits per heavy atom. The Morgan fingerprint density at radius 3 is 2.96 bits per heavy atom. The van der Waals surface area contributed by atoms with Gasteiger partial charge in [0.05, 0.1) is 18.2 Å². The Balaban J connectivity index is 1.77. The molecule has 2 aromatic rings. The minimum atomic E-state index is -0.273. The predicted molar refractivity (Wildman–Crippen MR) is 93.2 cm³/mol. The maximum Gasteiger partial charge on any atom is 0.310 e. The number of halogens is 1. The van der Waals surface area contributed by atoms with Crippen molar-refractivity contribution in [1.29, 1.82) is 0 Å². The van der Waals surface area contributed by atoms with Crippen molar-refractivity contribution in [1.82, 2.24) is 14.7 Å². The number of carbonyl (C=O) groups excluding carboxylic acids is 1. The average Bonchev–Trinajstić information content (AvgIpc) is 2.96. The van der Waals surface area contributed by atoms with Gasteiger partial charge in [-0.25, -0.2) is 4.39 Å². The molecule has 3 rings (SSSR count). The van der Waals surface area contributed by atoms with Crippen LogP contribution in [0, 0.1) is 11.7 Å². The van der Waals surface area contributed by atoms with E-state index in [9.17, 15) is 9.18 Å². The maximum absolute atomic E-state index is 14.2. The number of aryl methyl sites for hydroxylation is 1. The van der Waals surface area contributed by atoms with Gasteiger partial charge < -0.3 is 4.74 Å². The first-order chi connectivity index (χ1) is 12.1. The summed E-state index contributed by atoms with van der Waals surface area (Å²) in [6.07, 6.45) is 3.75. The molecule has 25 heavy (non-hydrogen) atoms. The lowest BCUT2D eigenvalue weighted by Gasteiger charge is -2.31. The number of ether oxygens (including phenoxy) is 1. The number of hydrogen-bond acceptors (Lipinski definition) is 4. The van der Waals surface area contributed by atoms with Crippen LogP contribution < -0.4 is 0 Å². The van der Waals surface area contributed by atoms with Crippen LogP contribution in [0.1, 0.15) is 25.3 Å². The summed E-state index contributed by atoms with van der Waals surface area (Å²) in [4.78, 5) is 14.2. The van der Waals surface area contributed by atoms with Crippen LogP contribution in [0.5, 0.6) is 0 Å². The lowest BCUT2D eigenvalue weighted by atomic mass is 9.97. The minimum absolute atomic E-state index is 0.0812. The lowest BCUT2D eigenvalue weighted by molar-refractivity contribution is -0.150. The van der Waals surface area contributed by atoms with Gasteiger partial charge in [-0.05, 0) is 38.4 Å². The second-order valence-electron chi connectivity index (χ2n) is 6.48. The normalized spacial score (nSPS) is 18.3.